The van der Waals surface area contributed by atoms with Crippen LogP contribution in [0.5, 0.6) is 5.75 Å². The maximum absolute atomic E-state index is 11.2. The van der Waals surface area contributed by atoms with Crippen molar-refractivity contribution in [2.45, 2.75) is 26.2 Å². The van der Waals surface area contributed by atoms with E-state index in [9.17, 15) is 9.90 Å². The van der Waals surface area contributed by atoms with Gasteiger partial charge in [-0.3, -0.25) is 4.79 Å². The molecule has 110 valence electrons. The van der Waals surface area contributed by atoms with Gasteiger partial charge in [-0.2, -0.15) is 0 Å². The first-order chi connectivity index (χ1) is 10.1. The third-order valence-electron chi connectivity index (χ3n) is 3.60. The number of phenolic OH excluding ortho intramolecular Hbond substituents is 1. The quantitative estimate of drug-likeness (QED) is 0.848. The van der Waals surface area contributed by atoms with Crippen molar-refractivity contribution in [3.05, 3.63) is 53.6 Å². The van der Waals surface area contributed by atoms with E-state index in [0.29, 0.717) is 25.0 Å². The number of hydrogen-bond donors (Lipinski definition) is 1. The molecule has 3 nitrogen and oxygen atoms in total. The first kappa shape index (κ1) is 15.1. The zero-order valence-corrected chi connectivity index (χ0v) is 12.4. The van der Waals surface area contributed by atoms with Gasteiger partial charge < -0.3 is 9.84 Å². The zero-order valence-electron chi connectivity index (χ0n) is 12.4. The molecule has 0 saturated heterocycles. The molecule has 0 bridgehead atoms. The number of hydrogen-bond acceptors (Lipinski definition) is 3. The van der Waals surface area contributed by atoms with Crippen LogP contribution in [-0.2, 0) is 16.0 Å². The summed E-state index contributed by atoms with van der Waals surface area (Å²) in [6.07, 6.45) is 1.66. The fourth-order valence-electron chi connectivity index (χ4n) is 2.41. The normalized spacial score (nSPS) is 10.4. The second kappa shape index (κ2) is 6.93. The second-order valence-electron chi connectivity index (χ2n) is 5.05. The fourth-order valence-corrected chi connectivity index (χ4v) is 2.41. The van der Waals surface area contributed by atoms with Gasteiger partial charge in [-0.05, 0) is 36.5 Å². The Bertz CT molecular complexity index is 618. The molecule has 2 rings (SSSR count). The molecule has 1 N–H and O–H groups in total. The standard InChI is InChI=1S/C18H20O3/c1-13-11-12-15(14-7-4-3-5-8-14)16(18(13)20)9-6-10-17(19)21-2/h3-5,7-8,11-12,20H,6,9-10H2,1-2H3. The van der Waals surface area contributed by atoms with Crippen LogP contribution in [0.15, 0.2) is 42.5 Å². The van der Waals surface area contributed by atoms with Gasteiger partial charge in [0, 0.05) is 12.0 Å². The van der Waals surface area contributed by atoms with Crippen LogP contribution in [0.3, 0.4) is 0 Å². The first-order valence-electron chi connectivity index (χ1n) is 7.07. The van der Waals surface area contributed by atoms with Gasteiger partial charge in [-0.15, -0.1) is 0 Å². The molecule has 2 aromatic rings. The molecule has 0 unspecified atom stereocenters. The Morgan fingerprint density at radius 3 is 2.52 bits per heavy atom. The monoisotopic (exact) mass is 284 g/mol. The molecule has 0 amide bonds. The van der Waals surface area contributed by atoms with Gasteiger partial charge in [0.2, 0.25) is 0 Å². The van der Waals surface area contributed by atoms with E-state index < -0.39 is 0 Å². The Kier molecular flexibility index (Phi) is 4.99. The molecule has 0 atom stereocenters. The van der Waals surface area contributed by atoms with Gasteiger partial charge in [-0.25, -0.2) is 0 Å². The van der Waals surface area contributed by atoms with Crippen molar-refractivity contribution >= 4 is 5.97 Å². The van der Waals surface area contributed by atoms with E-state index in [-0.39, 0.29) is 5.97 Å². The van der Waals surface area contributed by atoms with E-state index in [1.54, 1.807) is 0 Å². The number of aryl methyl sites for hydroxylation is 1. The molecular weight excluding hydrogens is 264 g/mol. The Balaban J connectivity index is 2.29. The largest absolute Gasteiger partial charge is 0.507 e. The lowest BCUT2D eigenvalue weighted by molar-refractivity contribution is -0.140. The topological polar surface area (TPSA) is 46.5 Å². The van der Waals surface area contributed by atoms with Crippen LogP contribution in [0.25, 0.3) is 11.1 Å². The predicted molar refractivity (Wildman–Crippen MR) is 83.2 cm³/mol. The molecule has 2 aromatic carbocycles. The van der Waals surface area contributed by atoms with Crippen molar-refractivity contribution in [3.8, 4) is 16.9 Å². The lowest BCUT2D eigenvalue weighted by Crippen LogP contribution is -2.01. The van der Waals surface area contributed by atoms with Crippen LogP contribution in [0.4, 0.5) is 0 Å². The average molecular weight is 284 g/mol. The summed E-state index contributed by atoms with van der Waals surface area (Å²) in [7, 11) is 1.39. The van der Waals surface area contributed by atoms with Crippen LogP contribution in [-0.4, -0.2) is 18.2 Å². The van der Waals surface area contributed by atoms with Gasteiger partial charge in [0.1, 0.15) is 5.75 Å². The summed E-state index contributed by atoms with van der Waals surface area (Å²) in [6.45, 7) is 1.88. The summed E-state index contributed by atoms with van der Waals surface area (Å²) in [5.74, 6) is 0.102. The number of carbonyl (C=O) groups excluding carboxylic acids is 1. The van der Waals surface area contributed by atoms with Crippen LogP contribution in [0.1, 0.15) is 24.0 Å². The third kappa shape index (κ3) is 3.63. The van der Waals surface area contributed by atoms with Gasteiger partial charge in [0.15, 0.2) is 0 Å². The molecule has 0 radical (unpaired) electrons. The SMILES string of the molecule is COC(=O)CCCc1c(-c2ccccc2)ccc(C)c1O. The average Bonchev–Trinajstić information content (AvgIpc) is 2.52. The van der Waals surface area contributed by atoms with Crippen molar-refractivity contribution in [2.75, 3.05) is 7.11 Å². The second-order valence-corrected chi connectivity index (χ2v) is 5.05. The third-order valence-corrected chi connectivity index (χ3v) is 3.60. The van der Waals surface area contributed by atoms with Gasteiger partial charge in [0.05, 0.1) is 7.11 Å². The molecule has 21 heavy (non-hydrogen) atoms. The molecule has 0 aliphatic heterocycles. The lowest BCUT2D eigenvalue weighted by Gasteiger charge is -2.13. The number of aromatic hydroxyl groups is 1. The predicted octanol–water partition coefficient (Wildman–Crippen LogP) is 3.86. The van der Waals surface area contributed by atoms with E-state index in [0.717, 1.165) is 22.3 Å². The highest BCUT2D eigenvalue weighted by Crippen LogP contribution is 2.33. The number of carbonyl (C=O) groups is 1. The molecule has 0 aromatic heterocycles. The summed E-state index contributed by atoms with van der Waals surface area (Å²) in [5, 5.41) is 10.3. The maximum Gasteiger partial charge on any atom is 0.305 e. The van der Waals surface area contributed by atoms with E-state index >= 15 is 0 Å². The summed E-state index contributed by atoms with van der Waals surface area (Å²) in [6, 6.07) is 13.9. The van der Waals surface area contributed by atoms with Crippen LogP contribution in [0, 0.1) is 6.92 Å². The summed E-state index contributed by atoms with van der Waals surface area (Å²) in [5.41, 5.74) is 3.83. The molecule has 0 aliphatic carbocycles. The minimum atomic E-state index is -0.219. The molecule has 0 spiro atoms. The summed E-state index contributed by atoms with van der Waals surface area (Å²) in [4.78, 5) is 11.2. The van der Waals surface area contributed by atoms with Crippen molar-refractivity contribution < 1.29 is 14.6 Å². The van der Waals surface area contributed by atoms with Crippen molar-refractivity contribution in [3.63, 3.8) is 0 Å². The number of rotatable bonds is 5. The highest BCUT2D eigenvalue weighted by atomic mass is 16.5. The number of phenols is 1. The molecule has 0 fully saturated rings. The Morgan fingerprint density at radius 1 is 1.14 bits per heavy atom. The Morgan fingerprint density at radius 2 is 1.86 bits per heavy atom. The van der Waals surface area contributed by atoms with E-state index in [1.165, 1.54) is 7.11 Å². The molecule has 3 heteroatoms. The maximum atomic E-state index is 11.2. The number of ether oxygens (including phenoxy) is 1. The summed E-state index contributed by atoms with van der Waals surface area (Å²) >= 11 is 0. The highest BCUT2D eigenvalue weighted by Gasteiger charge is 2.12. The minimum Gasteiger partial charge on any atom is -0.507 e. The Labute approximate surface area is 125 Å². The number of methoxy groups -OCH3 is 1. The van der Waals surface area contributed by atoms with Crippen LogP contribution >= 0.6 is 0 Å². The summed E-state index contributed by atoms with van der Waals surface area (Å²) < 4.78 is 4.66. The molecule has 0 saturated carbocycles. The van der Waals surface area contributed by atoms with Crippen molar-refractivity contribution in [1.82, 2.24) is 0 Å². The molecular formula is C18H20O3. The van der Waals surface area contributed by atoms with E-state index in [2.05, 4.69) is 4.74 Å². The smallest absolute Gasteiger partial charge is 0.305 e. The molecule has 0 aliphatic rings. The minimum absolute atomic E-state index is 0.219. The van der Waals surface area contributed by atoms with E-state index in [4.69, 9.17) is 0 Å². The zero-order chi connectivity index (χ0) is 15.2. The Hall–Kier alpha value is -2.29. The van der Waals surface area contributed by atoms with Crippen molar-refractivity contribution in [1.29, 1.82) is 0 Å². The van der Waals surface area contributed by atoms with Crippen molar-refractivity contribution in [2.24, 2.45) is 0 Å². The highest BCUT2D eigenvalue weighted by molar-refractivity contribution is 5.72. The first-order valence-corrected chi connectivity index (χ1v) is 7.07. The van der Waals surface area contributed by atoms with Gasteiger partial charge >= 0.3 is 5.97 Å². The number of benzene rings is 2. The lowest BCUT2D eigenvalue weighted by atomic mass is 9.93. The van der Waals surface area contributed by atoms with Gasteiger partial charge in [0.25, 0.3) is 0 Å². The van der Waals surface area contributed by atoms with E-state index in [1.807, 2.05) is 49.4 Å². The molecule has 0 heterocycles. The fraction of sp³-hybridized carbons (Fsp3) is 0.278. The van der Waals surface area contributed by atoms with Crippen LogP contribution in [0.2, 0.25) is 0 Å². The van der Waals surface area contributed by atoms with Crippen LogP contribution < -0.4 is 0 Å². The number of esters is 1. The van der Waals surface area contributed by atoms with Gasteiger partial charge in [-0.1, -0.05) is 42.5 Å².